The number of imidazole rings is 2. The van der Waals surface area contributed by atoms with Crippen LogP contribution in [0.3, 0.4) is 0 Å². The van der Waals surface area contributed by atoms with Crippen molar-refractivity contribution in [3.05, 3.63) is 76.9 Å². The molecule has 0 spiro atoms. The molecule has 0 saturated heterocycles. The summed E-state index contributed by atoms with van der Waals surface area (Å²) >= 11 is 0. The van der Waals surface area contributed by atoms with Gasteiger partial charge in [-0.3, -0.25) is 0 Å². The van der Waals surface area contributed by atoms with Crippen LogP contribution in [0.25, 0.3) is 0 Å². The van der Waals surface area contributed by atoms with E-state index >= 15 is 0 Å². The Morgan fingerprint density at radius 2 is 0.638 bits per heavy atom. The molecule has 0 aliphatic heterocycles. The van der Waals surface area contributed by atoms with Gasteiger partial charge < -0.3 is 37.9 Å². The second-order valence-electron chi connectivity index (χ2n) is 18.0. The third-order valence-electron chi connectivity index (χ3n) is 12.1. The Labute approximate surface area is 448 Å². The van der Waals surface area contributed by atoms with Gasteiger partial charge in [0.1, 0.15) is 0 Å². The van der Waals surface area contributed by atoms with Crippen LogP contribution in [0.15, 0.2) is 62.0 Å². The van der Waals surface area contributed by atoms with Gasteiger partial charge in [0.05, 0.1) is 52.6 Å². The summed E-state index contributed by atoms with van der Waals surface area (Å²) in [6.07, 6.45) is 42.3. The van der Waals surface area contributed by atoms with E-state index in [1.165, 1.54) is 157 Å². The summed E-state index contributed by atoms with van der Waals surface area (Å²) < 4.78 is 32.4. The number of carbonyl (C=O) groups excluding carboxylic acids is 4. The Hall–Kier alpha value is -3.33. The first-order valence-electron chi connectivity index (χ1n) is 23.6. The van der Waals surface area contributed by atoms with Crippen molar-refractivity contribution in [3.8, 4) is 23.7 Å². The molecular weight excluding hydrogens is 1270 g/mol. The third kappa shape index (κ3) is 29.6. The number of methoxy groups -OCH3 is 4. The standard InChI is InChI=1S/2C15H25N2.C8H18OSi2.2C6H6O4.2CH3.2Pt/c2*1-3-7-14(8-4-1)16-11-12-17(13-16)15-9-5-2-6-10-15;1-7-10(3,4)9-11(5,6)8-2;2*1-9-5(7)3-4-6(8)10-2;;;;/h2*11-15H,1-10H2;7-8H,1-2H2,3-6H3;2*1-2H3;2*1H3;;/q2*+1;;;;2*-1;;. The first-order valence-corrected chi connectivity index (χ1v) is 29.6. The number of esters is 4. The van der Waals surface area contributed by atoms with Crippen LogP contribution in [0.4, 0.5) is 0 Å². The fraction of sp³-hybridized carbons (Fsp3) is 0.615. The minimum atomic E-state index is -1.58. The average molecular weight is 1360 g/mol. The Balaban J connectivity index is -0.000000797. The number of carbonyl (C=O) groups is 4. The van der Waals surface area contributed by atoms with Gasteiger partial charge in [0.15, 0.2) is 54.1 Å². The molecular formula is C52H86N4O9Pt2Si2. The van der Waals surface area contributed by atoms with Crippen LogP contribution in [-0.4, -0.2) is 87.2 Å². The van der Waals surface area contributed by atoms with E-state index in [1.807, 2.05) is 35.1 Å². The largest absolute Gasteiger partial charge is 0.459 e. The molecule has 2 aromatic heterocycles. The van der Waals surface area contributed by atoms with E-state index in [1.54, 1.807) is 0 Å². The molecule has 0 aromatic carbocycles. The summed E-state index contributed by atoms with van der Waals surface area (Å²) in [4.78, 5) is 40.9. The zero-order valence-corrected chi connectivity index (χ0v) is 50.1. The summed E-state index contributed by atoms with van der Waals surface area (Å²) in [5, 5.41) is 0. The van der Waals surface area contributed by atoms with Crippen molar-refractivity contribution in [1.82, 2.24) is 18.3 Å². The van der Waals surface area contributed by atoms with E-state index in [-0.39, 0.29) is 57.0 Å². The second kappa shape index (κ2) is 39.3. The summed E-state index contributed by atoms with van der Waals surface area (Å²) in [5.41, 5.74) is 3.93. The molecule has 0 radical (unpaired) electrons. The van der Waals surface area contributed by atoms with E-state index in [0.717, 1.165) is 24.2 Å². The summed E-state index contributed by atoms with van der Waals surface area (Å²) in [5.74, 6) is 4.55. The van der Waals surface area contributed by atoms with E-state index in [4.69, 9.17) is 4.12 Å². The van der Waals surface area contributed by atoms with E-state index < -0.39 is 40.5 Å². The van der Waals surface area contributed by atoms with Gasteiger partial charge >= 0.3 is 23.9 Å². The molecule has 13 nitrogen and oxygen atoms in total. The van der Waals surface area contributed by atoms with Gasteiger partial charge in [-0.2, -0.15) is 0 Å². The Morgan fingerprint density at radius 1 is 0.449 bits per heavy atom. The van der Waals surface area contributed by atoms with Crippen molar-refractivity contribution in [3.63, 3.8) is 0 Å². The van der Waals surface area contributed by atoms with Crippen LogP contribution < -0.4 is 0 Å². The number of nitrogens with zero attached hydrogens (tertiary/aromatic N) is 4. The molecule has 4 saturated carbocycles. The van der Waals surface area contributed by atoms with Crippen molar-refractivity contribution in [2.24, 2.45) is 0 Å². The molecule has 0 atom stereocenters. The second-order valence-corrected chi connectivity index (χ2v) is 26.0. The Morgan fingerprint density at radius 3 is 0.797 bits per heavy atom. The molecule has 4 aliphatic rings. The smallest absolute Gasteiger partial charge is 0.384 e. The molecule has 6 rings (SSSR count). The molecule has 396 valence electrons. The molecule has 17 heteroatoms. The van der Waals surface area contributed by atoms with Gasteiger partial charge in [-0.15, -0.1) is 13.2 Å². The number of hydrogen-bond donors (Lipinski definition) is 0. The van der Waals surface area contributed by atoms with Gasteiger partial charge in [-0.1, -0.05) is 88.4 Å². The molecule has 0 bridgehead atoms. The van der Waals surface area contributed by atoms with Crippen molar-refractivity contribution in [2.45, 2.75) is 179 Å². The number of aromatic nitrogens is 4. The summed E-state index contributed by atoms with van der Waals surface area (Å²) in [7, 11) is 1.54. The minimum absolute atomic E-state index is 0. The monoisotopic (exact) mass is 1360 g/mol. The SMILES string of the molecule is C=C[Si](C)(C)O[Si](C)(C)C=C.COC(=O)C#CC(=O)OC.COC(=O)C#CC(=O)OC.[CH3-].[CH3-].[Pt].[Pt].c1cn(C2CCCCC2)[cH+]n1C1CCCCC1.c1cn(C2CCCCC2)[cH+]n1C1CCCCC1. The van der Waals surface area contributed by atoms with Gasteiger partial charge in [-0.25, -0.2) is 37.4 Å². The molecule has 4 aliphatic carbocycles. The van der Waals surface area contributed by atoms with E-state index in [9.17, 15) is 19.2 Å². The first kappa shape index (κ1) is 69.9. The maximum absolute atomic E-state index is 10.2. The van der Waals surface area contributed by atoms with E-state index in [0.29, 0.717) is 0 Å². The van der Waals surface area contributed by atoms with Crippen LogP contribution >= 0.6 is 0 Å². The number of rotatable bonds is 8. The topological polar surface area (TPSA) is 134 Å². The molecule has 0 N–H and O–H groups in total. The zero-order chi connectivity index (χ0) is 48.1. The van der Waals surface area contributed by atoms with Crippen LogP contribution in [-0.2, 0) is 84.4 Å². The quantitative estimate of drug-likeness (QED) is 0.0632. The van der Waals surface area contributed by atoms with E-state index in [2.05, 4.69) is 114 Å². The molecule has 0 amide bonds. The molecule has 4 fully saturated rings. The number of hydrogen-bond acceptors (Lipinski definition) is 9. The zero-order valence-electron chi connectivity index (χ0n) is 43.6. The molecule has 0 unspecified atom stereocenters. The van der Waals surface area contributed by atoms with Crippen LogP contribution in [0, 0.1) is 38.5 Å². The molecule has 2 aromatic rings. The normalized spacial score (nSPS) is 15.9. The average Bonchev–Trinajstić information content (AvgIpc) is 4.06. The maximum atomic E-state index is 10.2. The first-order chi connectivity index (χ1) is 31.1. The summed E-state index contributed by atoms with van der Waals surface area (Å²) in [6, 6.07) is 3.14. The van der Waals surface area contributed by atoms with Gasteiger partial charge in [0, 0.05) is 65.8 Å². The third-order valence-corrected chi connectivity index (χ3v) is 18.3. The van der Waals surface area contributed by atoms with Crippen LogP contribution in [0.1, 0.15) is 153 Å². The van der Waals surface area contributed by atoms with Crippen molar-refractivity contribution in [2.75, 3.05) is 28.4 Å². The Bertz CT molecular complexity index is 1650. The summed E-state index contributed by atoms with van der Waals surface area (Å²) in [6.45, 7) is 16.2. The maximum Gasteiger partial charge on any atom is 0.384 e. The Kier molecular flexibility index (Phi) is 39.8. The van der Waals surface area contributed by atoms with Crippen molar-refractivity contribution in [1.29, 1.82) is 0 Å². The number of ether oxygens (including phenoxy) is 4. The van der Waals surface area contributed by atoms with Crippen LogP contribution in [0.2, 0.25) is 26.2 Å². The molecule has 2 heterocycles. The van der Waals surface area contributed by atoms with Crippen molar-refractivity contribution < 1.29 is 84.4 Å². The fourth-order valence-corrected chi connectivity index (χ4v) is 14.4. The minimum Gasteiger partial charge on any atom is -0.459 e. The molecule has 69 heavy (non-hydrogen) atoms. The van der Waals surface area contributed by atoms with Gasteiger partial charge in [0.2, 0.25) is 0 Å². The van der Waals surface area contributed by atoms with Gasteiger partial charge in [0.25, 0.3) is 0 Å². The predicted octanol–water partition coefficient (Wildman–Crippen LogP) is 11.6. The fourth-order valence-electron chi connectivity index (χ4n) is 8.32. The predicted molar refractivity (Wildman–Crippen MR) is 275 cm³/mol. The van der Waals surface area contributed by atoms with Crippen molar-refractivity contribution >= 4 is 40.5 Å². The van der Waals surface area contributed by atoms with Gasteiger partial charge in [-0.05, 0) is 77.6 Å². The van der Waals surface area contributed by atoms with Crippen LogP contribution in [0.5, 0.6) is 0 Å².